The molecule has 0 spiro atoms. The van der Waals surface area contributed by atoms with E-state index in [1.165, 1.54) is 30.6 Å². The van der Waals surface area contributed by atoms with E-state index in [0.717, 1.165) is 11.3 Å². The van der Waals surface area contributed by atoms with Crippen LogP contribution in [0.3, 0.4) is 0 Å². The van der Waals surface area contributed by atoms with Crippen LogP contribution in [0.5, 0.6) is 5.75 Å². The predicted molar refractivity (Wildman–Crippen MR) is 89.0 cm³/mol. The van der Waals surface area contributed by atoms with Gasteiger partial charge in [-0.25, -0.2) is 9.07 Å². The highest BCUT2D eigenvalue weighted by atomic mass is 19.1. The SMILES string of the molecule is Cc1cc(NC(=O)C(C)Oc2ccc(F)cc2)ccc1-n1cnnn1. The van der Waals surface area contributed by atoms with Crippen LogP contribution in [0, 0.1) is 12.7 Å². The first-order valence-electron chi connectivity index (χ1n) is 7.60. The molecule has 1 unspecified atom stereocenters. The molecule has 8 heteroatoms. The summed E-state index contributed by atoms with van der Waals surface area (Å²) in [5, 5.41) is 13.8. The van der Waals surface area contributed by atoms with Gasteiger partial charge >= 0.3 is 0 Å². The number of anilines is 1. The van der Waals surface area contributed by atoms with Gasteiger partial charge < -0.3 is 10.1 Å². The maximum absolute atomic E-state index is 12.9. The standard InChI is InChI=1S/C17H16FN5O2/c1-11-9-14(5-8-16(11)23-10-19-21-22-23)20-17(24)12(2)25-15-6-3-13(18)4-7-15/h3-10,12H,1-2H3,(H,20,24). The first kappa shape index (κ1) is 16.6. The average Bonchev–Trinajstić information content (AvgIpc) is 3.11. The third-order valence-electron chi connectivity index (χ3n) is 3.56. The molecular weight excluding hydrogens is 325 g/mol. The van der Waals surface area contributed by atoms with Gasteiger partial charge in [-0.05, 0) is 72.3 Å². The molecule has 3 aromatic rings. The van der Waals surface area contributed by atoms with Crippen molar-refractivity contribution in [1.29, 1.82) is 0 Å². The Bertz CT molecular complexity index is 865. The predicted octanol–water partition coefficient (Wildman–Crippen LogP) is 2.52. The number of ether oxygens (including phenoxy) is 1. The van der Waals surface area contributed by atoms with Crippen molar-refractivity contribution in [3.8, 4) is 11.4 Å². The van der Waals surface area contributed by atoms with Crippen molar-refractivity contribution in [3.05, 3.63) is 60.2 Å². The Morgan fingerprint density at radius 3 is 2.64 bits per heavy atom. The summed E-state index contributed by atoms with van der Waals surface area (Å²) in [6, 6.07) is 10.9. The molecule has 0 aliphatic rings. The van der Waals surface area contributed by atoms with Crippen molar-refractivity contribution in [2.45, 2.75) is 20.0 Å². The summed E-state index contributed by atoms with van der Waals surface area (Å²) < 4.78 is 19.9. The summed E-state index contributed by atoms with van der Waals surface area (Å²) >= 11 is 0. The number of tetrazole rings is 1. The number of carbonyl (C=O) groups is 1. The molecule has 0 aliphatic heterocycles. The zero-order chi connectivity index (χ0) is 17.8. The van der Waals surface area contributed by atoms with Gasteiger partial charge in [-0.3, -0.25) is 4.79 Å². The van der Waals surface area contributed by atoms with E-state index in [2.05, 4.69) is 20.8 Å². The second-order valence-electron chi connectivity index (χ2n) is 5.46. The molecule has 1 aromatic heterocycles. The summed E-state index contributed by atoms with van der Waals surface area (Å²) in [5.41, 5.74) is 2.35. The van der Waals surface area contributed by atoms with E-state index in [-0.39, 0.29) is 11.7 Å². The van der Waals surface area contributed by atoms with E-state index in [0.29, 0.717) is 11.4 Å². The number of nitrogens with one attached hydrogen (secondary N) is 1. The minimum absolute atomic E-state index is 0.307. The number of amides is 1. The number of hydrogen-bond acceptors (Lipinski definition) is 5. The zero-order valence-electron chi connectivity index (χ0n) is 13.7. The number of hydrogen-bond donors (Lipinski definition) is 1. The topological polar surface area (TPSA) is 81.9 Å². The lowest BCUT2D eigenvalue weighted by Crippen LogP contribution is -2.30. The summed E-state index contributed by atoms with van der Waals surface area (Å²) in [7, 11) is 0. The maximum Gasteiger partial charge on any atom is 0.265 e. The molecule has 128 valence electrons. The minimum Gasteiger partial charge on any atom is -0.481 e. The van der Waals surface area contributed by atoms with E-state index in [1.807, 2.05) is 19.1 Å². The van der Waals surface area contributed by atoms with Crippen LogP contribution in [0.1, 0.15) is 12.5 Å². The van der Waals surface area contributed by atoms with Crippen LogP contribution in [0.15, 0.2) is 48.8 Å². The average molecular weight is 341 g/mol. The maximum atomic E-state index is 12.9. The highest BCUT2D eigenvalue weighted by molar-refractivity contribution is 5.94. The van der Waals surface area contributed by atoms with Crippen LogP contribution in [0.4, 0.5) is 10.1 Å². The number of aryl methyl sites for hydroxylation is 1. The molecule has 1 atom stereocenters. The molecular formula is C17H16FN5O2. The fourth-order valence-corrected chi connectivity index (χ4v) is 2.28. The Morgan fingerprint density at radius 2 is 2.00 bits per heavy atom. The number of benzene rings is 2. The zero-order valence-corrected chi connectivity index (χ0v) is 13.7. The van der Waals surface area contributed by atoms with Gasteiger partial charge in [-0.2, -0.15) is 0 Å². The first-order valence-corrected chi connectivity index (χ1v) is 7.60. The van der Waals surface area contributed by atoms with Crippen molar-refractivity contribution >= 4 is 11.6 Å². The normalized spacial score (nSPS) is 11.8. The Morgan fingerprint density at radius 1 is 1.24 bits per heavy atom. The van der Waals surface area contributed by atoms with Crippen molar-refractivity contribution in [2.24, 2.45) is 0 Å². The highest BCUT2D eigenvalue weighted by Crippen LogP contribution is 2.19. The van der Waals surface area contributed by atoms with Crippen LogP contribution < -0.4 is 10.1 Å². The molecule has 3 rings (SSSR count). The van der Waals surface area contributed by atoms with Crippen LogP contribution in [-0.4, -0.2) is 32.2 Å². The van der Waals surface area contributed by atoms with Crippen molar-refractivity contribution in [3.63, 3.8) is 0 Å². The van der Waals surface area contributed by atoms with Gasteiger partial charge in [0.05, 0.1) is 5.69 Å². The van der Waals surface area contributed by atoms with Gasteiger partial charge in [0, 0.05) is 5.69 Å². The van der Waals surface area contributed by atoms with Crippen LogP contribution in [0.2, 0.25) is 0 Å². The summed E-state index contributed by atoms with van der Waals surface area (Å²) in [6.45, 7) is 3.52. The van der Waals surface area contributed by atoms with Crippen molar-refractivity contribution in [2.75, 3.05) is 5.32 Å². The molecule has 1 N–H and O–H groups in total. The molecule has 0 bridgehead atoms. The Labute approximate surface area is 143 Å². The summed E-state index contributed by atoms with van der Waals surface area (Å²) in [4.78, 5) is 12.3. The minimum atomic E-state index is -0.732. The molecule has 0 saturated carbocycles. The Kier molecular flexibility index (Phi) is 4.69. The van der Waals surface area contributed by atoms with E-state index in [1.54, 1.807) is 17.7 Å². The monoisotopic (exact) mass is 341 g/mol. The highest BCUT2D eigenvalue weighted by Gasteiger charge is 2.15. The Hall–Kier alpha value is -3.29. The molecule has 0 radical (unpaired) electrons. The lowest BCUT2D eigenvalue weighted by molar-refractivity contribution is -0.122. The quantitative estimate of drug-likeness (QED) is 0.771. The molecule has 0 saturated heterocycles. The fourth-order valence-electron chi connectivity index (χ4n) is 2.28. The summed E-state index contributed by atoms with van der Waals surface area (Å²) in [6.07, 6.45) is 0.768. The van der Waals surface area contributed by atoms with Gasteiger partial charge in [0.2, 0.25) is 0 Å². The van der Waals surface area contributed by atoms with Crippen LogP contribution in [0.25, 0.3) is 5.69 Å². The molecule has 25 heavy (non-hydrogen) atoms. The van der Waals surface area contributed by atoms with Crippen molar-refractivity contribution in [1.82, 2.24) is 20.2 Å². The molecule has 7 nitrogen and oxygen atoms in total. The number of aromatic nitrogens is 4. The second-order valence-corrected chi connectivity index (χ2v) is 5.46. The first-order chi connectivity index (χ1) is 12.0. The smallest absolute Gasteiger partial charge is 0.265 e. The van der Waals surface area contributed by atoms with Crippen LogP contribution in [-0.2, 0) is 4.79 Å². The third kappa shape index (κ3) is 3.97. The lowest BCUT2D eigenvalue weighted by atomic mass is 10.1. The van der Waals surface area contributed by atoms with Gasteiger partial charge in [-0.15, -0.1) is 5.10 Å². The number of nitrogens with zero attached hydrogens (tertiary/aromatic N) is 4. The largest absolute Gasteiger partial charge is 0.481 e. The van der Waals surface area contributed by atoms with E-state index >= 15 is 0 Å². The van der Waals surface area contributed by atoms with Crippen molar-refractivity contribution < 1.29 is 13.9 Å². The van der Waals surface area contributed by atoms with Gasteiger partial charge in [0.15, 0.2) is 6.10 Å². The lowest BCUT2D eigenvalue weighted by Gasteiger charge is -2.15. The molecule has 1 amide bonds. The number of rotatable bonds is 5. The number of halogens is 1. The molecule has 0 fully saturated rings. The molecule has 2 aromatic carbocycles. The fraction of sp³-hybridized carbons (Fsp3) is 0.176. The van der Waals surface area contributed by atoms with Gasteiger partial charge in [0.1, 0.15) is 17.9 Å². The third-order valence-corrected chi connectivity index (χ3v) is 3.56. The second kappa shape index (κ2) is 7.08. The number of carbonyl (C=O) groups excluding carboxylic acids is 1. The molecule has 0 aliphatic carbocycles. The van der Waals surface area contributed by atoms with E-state index in [4.69, 9.17) is 4.74 Å². The molecule has 1 heterocycles. The van der Waals surface area contributed by atoms with Gasteiger partial charge in [0.25, 0.3) is 5.91 Å². The Balaban J connectivity index is 1.66. The van der Waals surface area contributed by atoms with E-state index in [9.17, 15) is 9.18 Å². The summed E-state index contributed by atoms with van der Waals surface area (Å²) in [5.74, 6) is -0.240. The van der Waals surface area contributed by atoms with Gasteiger partial charge in [-0.1, -0.05) is 0 Å². The van der Waals surface area contributed by atoms with Crippen LogP contribution >= 0.6 is 0 Å². The van der Waals surface area contributed by atoms with E-state index < -0.39 is 6.10 Å².